The SMILES string of the molecule is CC(C(=O)NC(CC(=O)O)C(C)(C)C)c1ccccc1. The number of carboxylic acid groups (broad SMARTS) is 1. The highest BCUT2D eigenvalue weighted by molar-refractivity contribution is 5.84. The summed E-state index contributed by atoms with van der Waals surface area (Å²) >= 11 is 0. The Labute approximate surface area is 120 Å². The molecule has 1 aromatic carbocycles. The maximum absolute atomic E-state index is 12.3. The zero-order valence-electron chi connectivity index (χ0n) is 12.5. The Hall–Kier alpha value is -1.84. The Morgan fingerprint density at radius 1 is 1.20 bits per heavy atom. The number of hydrogen-bond donors (Lipinski definition) is 2. The third-order valence-electron chi connectivity index (χ3n) is 3.43. The van der Waals surface area contributed by atoms with Crippen molar-refractivity contribution in [3.05, 3.63) is 35.9 Å². The largest absolute Gasteiger partial charge is 0.481 e. The first-order chi connectivity index (χ1) is 9.21. The quantitative estimate of drug-likeness (QED) is 0.869. The number of amides is 1. The molecule has 0 aliphatic rings. The Balaban J connectivity index is 2.78. The predicted octanol–water partition coefficient (Wildman–Crippen LogP) is 2.80. The van der Waals surface area contributed by atoms with E-state index in [-0.39, 0.29) is 23.7 Å². The Kier molecular flexibility index (Phi) is 5.31. The molecule has 1 amide bonds. The number of hydrogen-bond acceptors (Lipinski definition) is 2. The topological polar surface area (TPSA) is 66.4 Å². The molecule has 0 aliphatic heterocycles. The molecule has 1 rings (SSSR count). The molecule has 0 heterocycles. The number of benzene rings is 1. The van der Waals surface area contributed by atoms with Gasteiger partial charge in [-0.15, -0.1) is 0 Å². The Morgan fingerprint density at radius 3 is 2.20 bits per heavy atom. The maximum atomic E-state index is 12.3. The van der Waals surface area contributed by atoms with Crippen LogP contribution >= 0.6 is 0 Å². The van der Waals surface area contributed by atoms with Crippen LogP contribution in [0.4, 0.5) is 0 Å². The molecule has 0 aliphatic carbocycles. The van der Waals surface area contributed by atoms with Gasteiger partial charge in [0.2, 0.25) is 5.91 Å². The van der Waals surface area contributed by atoms with Crippen LogP contribution in [0.1, 0.15) is 45.6 Å². The molecule has 0 saturated carbocycles. The van der Waals surface area contributed by atoms with E-state index in [9.17, 15) is 9.59 Å². The monoisotopic (exact) mass is 277 g/mol. The predicted molar refractivity (Wildman–Crippen MR) is 78.5 cm³/mol. The van der Waals surface area contributed by atoms with Crippen LogP contribution in [0, 0.1) is 5.41 Å². The summed E-state index contributed by atoms with van der Waals surface area (Å²) < 4.78 is 0. The third kappa shape index (κ3) is 4.68. The van der Waals surface area contributed by atoms with E-state index in [4.69, 9.17) is 5.11 Å². The second kappa shape index (κ2) is 6.55. The van der Waals surface area contributed by atoms with E-state index in [1.165, 1.54) is 0 Å². The number of rotatable bonds is 5. The number of carbonyl (C=O) groups is 2. The summed E-state index contributed by atoms with van der Waals surface area (Å²) in [6.07, 6.45) is -0.0727. The van der Waals surface area contributed by atoms with Gasteiger partial charge in [-0.2, -0.15) is 0 Å². The molecular formula is C16H23NO3. The first-order valence-corrected chi connectivity index (χ1v) is 6.79. The average Bonchev–Trinajstić information content (AvgIpc) is 2.36. The summed E-state index contributed by atoms with van der Waals surface area (Å²) in [4.78, 5) is 23.2. The van der Waals surface area contributed by atoms with E-state index in [2.05, 4.69) is 5.32 Å². The molecule has 0 fully saturated rings. The van der Waals surface area contributed by atoms with Crippen molar-refractivity contribution >= 4 is 11.9 Å². The minimum atomic E-state index is -0.905. The second-order valence-electron chi connectivity index (χ2n) is 6.16. The fourth-order valence-corrected chi connectivity index (χ4v) is 1.94. The van der Waals surface area contributed by atoms with Crippen molar-refractivity contribution in [2.75, 3.05) is 0 Å². The average molecular weight is 277 g/mol. The lowest BCUT2D eigenvalue weighted by atomic mass is 9.84. The number of carbonyl (C=O) groups excluding carboxylic acids is 1. The van der Waals surface area contributed by atoms with Crippen LogP contribution in [0.15, 0.2) is 30.3 Å². The van der Waals surface area contributed by atoms with Gasteiger partial charge in [-0.05, 0) is 17.9 Å². The fraction of sp³-hybridized carbons (Fsp3) is 0.500. The Bertz CT molecular complexity index is 462. The van der Waals surface area contributed by atoms with Crippen LogP contribution in [0.25, 0.3) is 0 Å². The van der Waals surface area contributed by atoms with Gasteiger partial charge >= 0.3 is 5.97 Å². The molecule has 0 radical (unpaired) electrons. The van der Waals surface area contributed by atoms with Gasteiger partial charge < -0.3 is 10.4 Å². The van der Waals surface area contributed by atoms with E-state index in [1.807, 2.05) is 58.0 Å². The van der Waals surface area contributed by atoms with Crippen LogP contribution in [-0.2, 0) is 9.59 Å². The fourth-order valence-electron chi connectivity index (χ4n) is 1.94. The normalized spacial score (nSPS) is 14.4. The lowest BCUT2D eigenvalue weighted by Gasteiger charge is -2.31. The smallest absolute Gasteiger partial charge is 0.305 e. The molecule has 0 bridgehead atoms. The molecule has 0 aromatic heterocycles. The molecule has 0 spiro atoms. The van der Waals surface area contributed by atoms with Crippen LogP contribution in [0.5, 0.6) is 0 Å². The van der Waals surface area contributed by atoms with E-state index < -0.39 is 12.0 Å². The van der Waals surface area contributed by atoms with Crippen molar-refractivity contribution in [2.24, 2.45) is 5.41 Å². The standard InChI is InChI=1S/C16H23NO3/c1-11(12-8-6-5-7-9-12)15(20)17-13(10-14(18)19)16(2,3)4/h5-9,11,13H,10H2,1-4H3,(H,17,20)(H,18,19). The molecule has 2 N–H and O–H groups in total. The van der Waals surface area contributed by atoms with Crippen molar-refractivity contribution in [1.82, 2.24) is 5.32 Å². The summed E-state index contributed by atoms with van der Waals surface area (Å²) in [6, 6.07) is 9.07. The van der Waals surface area contributed by atoms with Gasteiger partial charge in [0.15, 0.2) is 0 Å². The van der Waals surface area contributed by atoms with Crippen molar-refractivity contribution in [3.8, 4) is 0 Å². The molecule has 2 atom stereocenters. The molecule has 20 heavy (non-hydrogen) atoms. The van der Waals surface area contributed by atoms with E-state index in [1.54, 1.807) is 0 Å². The second-order valence-corrected chi connectivity index (χ2v) is 6.16. The maximum Gasteiger partial charge on any atom is 0.305 e. The van der Waals surface area contributed by atoms with Crippen LogP contribution in [0.3, 0.4) is 0 Å². The van der Waals surface area contributed by atoms with Crippen LogP contribution < -0.4 is 5.32 Å². The van der Waals surface area contributed by atoms with Gasteiger partial charge in [-0.3, -0.25) is 9.59 Å². The lowest BCUT2D eigenvalue weighted by molar-refractivity contribution is -0.138. The zero-order valence-corrected chi connectivity index (χ0v) is 12.5. The van der Waals surface area contributed by atoms with Crippen molar-refractivity contribution < 1.29 is 14.7 Å². The first kappa shape index (κ1) is 16.2. The summed E-state index contributed by atoms with van der Waals surface area (Å²) in [5.74, 6) is -1.34. The van der Waals surface area contributed by atoms with E-state index >= 15 is 0 Å². The molecular weight excluding hydrogens is 254 g/mol. The zero-order chi connectivity index (χ0) is 15.3. The van der Waals surface area contributed by atoms with Crippen molar-refractivity contribution in [1.29, 1.82) is 0 Å². The molecule has 1 aromatic rings. The van der Waals surface area contributed by atoms with Gasteiger partial charge in [-0.1, -0.05) is 51.1 Å². The van der Waals surface area contributed by atoms with E-state index in [0.29, 0.717) is 0 Å². The van der Waals surface area contributed by atoms with Crippen LogP contribution in [0.2, 0.25) is 0 Å². The van der Waals surface area contributed by atoms with Crippen molar-refractivity contribution in [2.45, 2.75) is 46.1 Å². The lowest BCUT2D eigenvalue weighted by Crippen LogP contribution is -2.46. The van der Waals surface area contributed by atoms with Gasteiger partial charge in [0.05, 0.1) is 12.3 Å². The molecule has 2 unspecified atom stereocenters. The van der Waals surface area contributed by atoms with Gasteiger partial charge in [0.1, 0.15) is 0 Å². The minimum absolute atomic E-state index is 0.0727. The Morgan fingerprint density at radius 2 is 1.75 bits per heavy atom. The summed E-state index contributed by atoms with van der Waals surface area (Å²) in [5, 5.41) is 11.8. The summed E-state index contributed by atoms with van der Waals surface area (Å²) in [6.45, 7) is 7.60. The first-order valence-electron chi connectivity index (χ1n) is 6.79. The number of carboxylic acids is 1. The molecule has 110 valence electrons. The number of aliphatic carboxylic acids is 1. The summed E-state index contributed by atoms with van der Waals surface area (Å²) in [7, 11) is 0. The van der Waals surface area contributed by atoms with Crippen LogP contribution in [-0.4, -0.2) is 23.0 Å². The summed E-state index contributed by atoms with van der Waals surface area (Å²) in [5.41, 5.74) is 0.623. The van der Waals surface area contributed by atoms with Gasteiger partial charge in [0, 0.05) is 6.04 Å². The highest BCUT2D eigenvalue weighted by Gasteiger charge is 2.29. The minimum Gasteiger partial charge on any atom is -0.481 e. The van der Waals surface area contributed by atoms with Gasteiger partial charge in [-0.25, -0.2) is 0 Å². The third-order valence-corrected chi connectivity index (χ3v) is 3.43. The van der Waals surface area contributed by atoms with Crippen molar-refractivity contribution in [3.63, 3.8) is 0 Å². The molecule has 4 heteroatoms. The van der Waals surface area contributed by atoms with Gasteiger partial charge in [0.25, 0.3) is 0 Å². The molecule has 0 saturated heterocycles. The highest BCUT2D eigenvalue weighted by atomic mass is 16.4. The molecule has 4 nitrogen and oxygen atoms in total. The highest BCUT2D eigenvalue weighted by Crippen LogP contribution is 2.23. The van der Waals surface area contributed by atoms with E-state index in [0.717, 1.165) is 5.56 Å². The number of nitrogens with one attached hydrogen (secondary N) is 1.